The van der Waals surface area contributed by atoms with Crippen LogP contribution in [0.15, 0.2) is 48.8 Å². The van der Waals surface area contributed by atoms with E-state index in [1.165, 1.54) is 0 Å². The molecule has 3 aromatic heterocycles. The Morgan fingerprint density at radius 3 is 2.38 bits per heavy atom. The van der Waals surface area contributed by atoms with Crippen LogP contribution in [0.1, 0.15) is 91.9 Å². The van der Waals surface area contributed by atoms with Gasteiger partial charge in [-0.05, 0) is 87.3 Å². The molecule has 1 aliphatic carbocycles. The largest absolute Gasteiger partial charge is 0.388 e. The predicted molar refractivity (Wildman–Crippen MR) is 233 cm³/mol. The van der Waals surface area contributed by atoms with E-state index >= 15 is 4.39 Å². The Balaban J connectivity index is 0.877. The number of anilines is 4. The third-order valence-corrected chi connectivity index (χ3v) is 12.7. The Hall–Kier alpha value is -5.64. The van der Waals surface area contributed by atoms with Crippen LogP contribution in [0, 0.1) is 5.41 Å². The van der Waals surface area contributed by atoms with Crippen molar-refractivity contribution in [2.45, 2.75) is 88.4 Å². The second-order valence-corrected chi connectivity index (χ2v) is 16.8. The number of piperidine rings is 2. The van der Waals surface area contributed by atoms with Gasteiger partial charge in [0.1, 0.15) is 28.7 Å². The second kappa shape index (κ2) is 18.7. The van der Waals surface area contributed by atoms with Crippen LogP contribution in [-0.2, 0) is 16.0 Å². The fourth-order valence-electron chi connectivity index (χ4n) is 9.04. The highest BCUT2D eigenvalue weighted by Gasteiger charge is 2.37. The van der Waals surface area contributed by atoms with E-state index in [4.69, 9.17) is 15.4 Å². The summed E-state index contributed by atoms with van der Waals surface area (Å²) in [5.41, 5.74) is 3.76. The molecular formula is C44H59FN12O3. The summed E-state index contributed by atoms with van der Waals surface area (Å²) in [5.74, 6) is 0.933. The molecule has 7 rings (SSSR count). The van der Waals surface area contributed by atoms with Crippen LogP contribution in [0.2, 0.25) is 0 Å². The number of nitrogens with one attached hydrogen (secondary N) is 4. The minimum Gasteiger partial charge on any atom is -0.388 e. The number of benzene rings is 1. The van der Waals surface area contributed by atoms with Gasteiger partial charge in [-0.2, -0.15) is 4.98 Å². The summed E-state index contributed by atoms with van der Waals surface area (Å²) in [4.78, 5) is 57.6. The molecule has 2 saturated heterocycles. The van der Waals surface area contributed by atoms with Crippen molar-refractivity contribution >= 4 is 58.2 Å². The summed E-state index contributed by atoms with van der Waals surface area (Å²) in [5, 5.41) is 18.1. The summed E-state index contributed by atoms with van der Waals surface area (Å²) in [6.45, 7) is 3.63. The number of fused-ring (bicyclic) bond motifs is 1. The van der Waals surface area contributed by atoms with Crippen LogP contribution in [0.3, 0.4) is 0 Å². The lowest BCUT2D eigenvalue weighted by Gasteiger charge is -2.44. The zero-order valence-corrected chi connectivity index (χ0v) is 35.3. The van der Waals surface area contributed by atoms with Crippen molar-refractivity contribution in [1.29, 1.82) is 5.41 Å². The molecule has 60 heavy (non-hydrogen) atoms. The Morgan fingerprint density at radius 1 is 0.967 bits per heavy atom. The van der Waals surface area contributed by atoms with Gasteiger partial charge in [-0.3, -0.25) is 25.1 Å². The first-order chi connectivity index (χ1) is 28.9. The Labute approximate surface area is 351 Å². The van der Waals surface area contributed by atoms with Gasteiger partial charge in [0.2, 0.25) is 18.3 Å². The Kier molecular flexibility index (Phi) is 13.3. The monoisotopic (exact) mass is 822 g/mol. The van der Waals surface area contributed by atoms with Crippen molar-refractivity contribution < 1.29 is 18.8 Å². The first-order valence-electron chi connectivity index (χ1n) is 21.3. The molecule has 2 aliphatic heterocycles. The number of carbonyl (C=O) groups excluding carboxylic acids is 3. The maximum absolute atomic E-state index is 16.2. The minimum atomic E-state index is -1.21. The lowest BCUT2D eigenvalue weighted by Crippen LogP contribution is -2.50. The lowest BCUT2D eigenvalue weighted by atomic mass is 9.86. The predicted octanol–water partition coefficient (Wildman–Crippen LogP) is 5.75. The number of amidine groups is 1. The molecular weight excluding hydrogens is 764 g/mol. The van der Waals surface area contributed by atoms with Gasteiger partial charge in [0.15, 0.2) is 0 Å². The number of pyridine rings is 1. The topological polar surface area (TPSA) is 168 Å². The molecule has 320 valence electrons. The number of likely N-dealkylation sites (tertiary alicyclic amines) is 1. The molecule has 0 atom stereocenters. The normalized spacial score (nSPS) is 17.4. The zero-order chi connectivity index (χ0) is 42.4. The highest BCUT2D eigenvalue weighted by atomic mass is 19.1. The van der Waals surface area contributed by atoms with Gasteiger partial charge < -0.3 is 34.8 Å². The molecule has 4 N–H and O–H groups in total. The van der Waals surface area contributed by atoms with Crippen molar-refractivity contribution in [2.24, 2.45) is 0 Å². The summed E-state index contributed by atoms with van der Waals surface area (Å²) in [6.07, 6.45) is 12.6. The van der Waals surface area contributed by atoms with Crippen molar-refractivity contribution in [2.75, 3.05) is 76.4 Å². The summed E-state index contributed by atoms with van der Waals surface area (Å²) >= 11 is 0. The molecule has 1 saturated carbocycles. The molecule has 3 aliphatic rings. The molecule has 0 spiro atoms. The number of alkyl halides is 1. The number of hydrogen-bond acceptors (Lipinski definition) is 11. The SMILES string of the molecule is CNc1cc(CCC2(F)CCN(C3CCN(c4ccc(Nc5ncc6cc(C(=O)N(C)C)n(C7CCCC7)c6n5)nc4)CC3)CC2)ccc1C(=N)N(C)CCC(=O)NC=O. The van der Waals surface area contributed by atoms with Crippen LogP contribution in [-0.4, -0.2) is 131 Å². The van der Waals surface area contributed by atoms with Gasteiger partial charge in [0.05, 0.1) is 11.9 Å². The van der Waals surface area contributed by atoms with E-state index in [9.17, 15) is 14.4 Å². The molecule has 0 radical (unpaired) electrons. The molecule has 0 unspecified atom stereocenters. The summed E-state index contributed by atoms with van der Waals surface area (Å²) < 4.78 is 18.3. The fraction of sp³-hybridized carbons (Fsp3) is 0.523. The third kappa shape index (κ3) is 9.69. The number of aromatic nitrogens is 4. The van der Waals surface area contributed by atoms with Crippen molar-refractivity contribution in [3.8, 4) is 0 Å². The van der Waals surface area contributed by atoms with Crippen molar-refractivity contribution in [3.63, 3.8) is 0 Å². The van der Waals surface area contributed by atoms with Crippen LogP contribution in [0.25, 0.3) is 11.0 Å². The van der Waals surface area contributed by atoms with E-state index in [1.54, 1.807) is 44.2 Å². The maximum Gasteiger partial charge on any atom is 0.270 e. The highest BCUT2D eigenvalue weighted by molar-refractivity contribution is 6.01. The average molecular weight is 823 g/mol. The summed E-state index contributed by atoms with van der Waals surface area (Å²) in [7, 11) is 7.09. The molecule has 3 amide bonds. The number of nitrogens with zero attached hydrogens (tertiary/aromatic N) is 8. The first kappa shape index (κ1) is 42.5. The number of imide groups is 1. The van der Waals surface area contributed by atoms with E-state index in [-0.39, 0.29) is 24.2 Å². The zero-order valence-electron chi connectivity index (χ0n) is 35.3. The molecule has 1 aromatic carbocycles. The Bertz CT molecular complexity index is 2150. The van der Waals surface area contributed by atoms with E-state index in [0.29, 0.717) is 67.7 Å². The number of carbonyl (C=O) groups is 3. The molecule has 4 aromatic rings. The number of amides is 3. The number of aryl methyl sites for hydroxylation is 1. The molecule has 5 heterocycles. The Morgan fingerprint density at radius 2 is 1.72 bits per heavy atom. The van der Waals surface area contributed by atoms with Gasteiger partial charge in [0.25, 0.3) is 5.91 Å². The van der Waals surface area contributed by atoms with Crippen LogP contribution in [0.4, 0.5) is 27.5 Å². The number of halogens is 1. The maximum atomic E-state index is 16.2. The standard InChI is InChI=1S/C44H59FN12O3/c1-47-36-25-30(9-11-35(36)40(46)54(4)20-16-39(59)50-29-58)13-17-44(45)18-23-56(24-19-44)32-14-21-55(22-15-32)34-10-12-38(48-28-34)51-43-49-27-31-26-37(42(60)53(2)3)57(41(31)52-43)33-7-5-6-8-33/h9-12,25-29,32-33,46-47H,5-8,13-24H2,1-4H3,(H,50,58,59)(H,48,49,51,52). The van der Waals surface area contributed by atoms with Gasteiger partial charge in [0, 0.05) is 102 Å². The number of hydrogen-bond donors (Lipinski definition) is 4. The van der Waals surface area contributed by atoms with E-state index < -0.39 is 11.6 Å². The lowest BCUT2D eigenvalue weighted by molar-refractivity contribution is -0.125. The van der Waals surface area contributed by atoms with Gasteiger partial charge >= 0.3 is 0 Å². The smallest absolute Gasteiger partial charge is 0.270 e. The van der Waals surface area contributed by atoms with E-state index in [0.717, 1.165) is 92.7 Å². The number of rotatable bonds is 15. The molecule has 0 bridgehead atoms. The van der Waals surface area contributed by atoms with E-state index in [1.807, 2.05) is 36.5 Å². The highest BCUT2D eigenvalue weighted by Crippen LogP contribution is 2.36. The van der Waals surface area contributed by atoms with Crippen molar-refractivity contribution in [3.05, 3.63) is 65.6 Å². The minimum absolute atomic E-state index is 0.0332. The molecule has 3 fully saturated rings. The molecule has 15 nitrogen and oxygen atoms in total. The van der Waals surface area contributed by atoms with Gasteiger partial charge in [-0.15, -0.1) is 0 Å². The van der Waals surface area contributed by atoms with Gasteiger partial charge in [-0.1, -0.05) is 18.9 Å². The van der Waals surface area contributed by atoms with Gasteiger partial charge in [-0.25, -0.2) is 14.4 Å². The van der Waals surface area contributed by atoms with E-state index in [2.05, 4.69) is 41.4 Å². The fourth-order valence-corrected chi connectivity index (χ4v) is 9.04. The van der Waals surface area contributed by atoms with Crippen molar-refractivity contribution in [1.82, 2.24) is 39.5 Å². The summed E-state index contributed by atoms with van der Waals surface area (Å²) in [6, 6.07) is 12.4. The average Bonchev–Trinajstić information content (AvgIpc) is 3.93. The van der Waals surface area contributed by atoms with Crippen LogP contribution >= 0.6 is 0 Å². The third-order valence-electron chi connectivity index (χ3n) is 12.7. The van der Waals surface area contributed by atoms with Crippen LogP contribution < -0.4 is 20.9 Å². The molecule has 16 heteroatoms. The second-order valence-electron chi connectivity index (χ2n) is 16.8. The van der Waals surface area contributed by atoms with Crippen LogP contribution in [0.5, 0.6) is 0 Å². The first-order valence-corrected chi connectivity index (χ1v) is 21.3. The quantitative estimate of drug-likeness (QED) is 0.0655.